The molecule has 0 saturated heterocycles. The molecular formula is AlFeOSi+7. The molecule has 0 aliphatic heterocycles. The van der Waals surface area contributed by atoms with Crippen molar-refractivity contribution < 1.29 is 22.5 Å². The molecule has 0 aliphatic rings. The normalized spacial score (nSPS) is 0. The summed E-state index contributed by atoms with van der Waals surface area (Å²) in [6, 6.07) is 0. The molecular weight excluding hydrogens is 127 g/mol. The molecule has 0 radical (unpaired) electrons. The average Bonchev–Trinajstić information content (AvgIpc) is 0. The molecule has 1 nitrogen and oxygen atoms in total. The first-order valence-electron chi connectivity index (χ1n) is 0. The maximum Gasteiger partial charge on any atom is 4.00 e. The molecule has 0 bridgehead atoms. The Balaban J connectivity index is 0. The van der Waals surface area contributed by atoms with Gasteiger partial charge in [0.1, 0.15) is 0 Å². The van der Waals surface area contributed by atoms with E-state index in [-0.39, 0.29) is 50.9 Å². The summed E-state index contributed by atoms with van der Waals surface area (Å²) in [5.74, 6) is 0. The second-order valence-corrected chi connectivity index (χ2v) is 0. The van der Waals surface area contributed by atoms with E-state index < -0.39 is 0 Å². The third-order valence-electron chi connectivity index (χ3n) is 0. The number of hydrogen-bond acceptors (Lipinski definition) is 0. The molecule has 0 spiro atoms. The van der Waals surface area contributed by atoms with Crippen LogP contribution >= 0.6 is 0 Å². The topological polar surface area (TPSA) is 28.5 Å². The second-order valence-electron chi connectivity index (χ2n) is 0. The van der Waals surface area contributed by atoms with E-state index in [0.717, 1.165) is 0 Å². The third-order valence-corrected chi connectivity index (χ3v) is 0. The van der Waals surface area contributed by atoms with E-state index >= 15 is 0 Å². The van der Waals surface area contributed by atoms with Gasteiger partial charge < -0.3 is 5.48 Å². The van der Waals surface area contributed by atoms with Crippen LogP contribution in [0.25, 0.3) is 0 Å². The Labute approximate surface area is 51.1 Å². The fourth-order valence-electron chi connectivity index (χ4n) is 0. The first kappa shape index (κ1) is 61.9. The quantitative estimate of drug-likeness (QED) is 0.378. The van der Waals surface area contributed by atoms with Crippen LogP contribution in [-0.2, 0) is 22.5 Å². The summed E-state index contributed by atoms with van der Waals surface area (Å²) in [6.07, 6.45) is 0. The predicted molar refractivity (Wildman–Crippen MR) is 12.2 cm³/mol. The van der Waals surface area contributed by atoms with Gasteiger partial charge in [0, 0.05) is 0 Å². The van der Waals surface area contributed by atoms with Crippen molar-refractivity contribution in [3.63, 3.8) is 0 Å². The molecule has 4 heteroatoms. The maximum atomic E-state index is 0. The van der Waals surface area contributed by atoms with Crippen molar-refractivity contribution in [3.8, 4) is 0 Å². The van der Waals surface area contributed by atoms with Crippen molar-refractivity contribution in [2.24, 2.45) is 0 Å². The molecule has 0 aliphatic carbocycles. The van der Waals surface area contributed by atoms with Crippen molar-refractivity contribution in [2.45, 2.75) is 0 Å². The summed E-state index contributed by atoms with van der Waals surface area (Å²) in [5.41, 5.74) is 0. The molecule has 14 valence electrons. The van der Waals surface area contributed by atoms with Gasteiger partial charge in [0.25, 0.3) is 0 Å². The molecule has 0 rings (SSSR count). The van der Waals surface area contributed by atoms with E-state index in [1.54, 1.807) is 0 Å². The number of hydrogen-bond donors (Lipinski definition) is 0. The summed E-state index contributed by atoms with van der Waals surface area (Å²) in [6.45, 7) is 0. The van der Waals surface area contributed by atoms with E-state index in [9.17, 15) is 0 Å². The van der Waals surface area contributed by atoms with Crippen molar-refractivity contribution in [1.29, 1.82) is 0 Å². The van der Waals surface area contributed by atoms with Gasteiger partial charge in [0.05, 0.1) is 0 Å². The molecule has 0 aromatic rings. The summed E-state index contributed by atoms with van der Waals surface area (Å²) < 4.78 is 0. The molecule has 0 atom stereocenters. The monoisotopic (exact) mass is 127 g/mol. The van der Waals surface area contributed by atoms with Crippen LogP contribution in [0.15, 0.2) is 0 Å². The van der Waals surface area contributed by atoms with Crippen LogP contribution in [0.5, 0.6) is 0 Å². The van der Waals surface area contributed by atoms with E-state index in [1.807, 2.05) is 0 Å². The summed E-state index contributed by atoms with van der Waals surface area (Å²) in [7, 11) is 0. The molecule has 0 saturated carbocycles. The van der Waals surface area contributed by atoms with Crippen LogP contribution in [0, 0.1) is 0 Å². The van der Waals surface area contributed by atoms with Crippen molar-refractivity contribution in [2.75, 3.05) is 0 Å². The summed E-state index contributed by atoms with van der Waals surface area (Å²) in [4.78, 5) is 0. The Morgan fingerprint density at radius 1 is 1.00 bits per heavy atom. The number of rotatable bonds is 0. The van der Waals surface area contributed by atoms with Gasteiger partial charge in [-0.15, -0.1) is 0 Å². The van der Waals surface area contributed by atoms with Gasteiger partial charge in [0.2, 0.25) is 0 Å². The third kappa shape index (κ3) is 10.6. The first-order valence-corrected chi connectivity index (χ1v) is 0. The van der Waals surface area contributed by atoms with E-state index in [0.29, 0.717) is 0 Å². The zero-order chi connectivity index (χ0) is 0. The molecule has 0 unspecified atom stereocenters. The standard InChI is InChI=1S/Al.Fe.O.Si/q+3;+2;-2;+4. The zero-order valence-electron chi connectivity index (χ0n) is 1.84. The van der Waals surface area contributed by atoms with E-state index in [4.69, 9.17) is 0 Å². The summed E-state index contributed by atoms with van der Waals surface area (Å²) in [5, 5.41) is 0. The molecule has 0 fully saturated rings. The average molecular weight is 127 g/mol. The van der Waals surface area contributed by atoms with Crippen LogP contribution in [0.4, 0.5) is 0 Å². The van der Waals surface area contributed by atoms with E-state index in [1.165, 1.54) is 0 Å². The SMILES string of the molecule is [Al+3].[Fe+2].[O-2].[Si+4]. The van der Waals surface area contributed by atoms with Crippen molar-refractivity contribution >= 4 is 28.3 Å². The fraction of sp³-hybridized carbons (Fsp3) is 0. The molecule has 0 heterocycles. The van der Waals surface area contributed by atoms with Gasteiger partial charge >= 0.3 is 45.4 Å². The van der Waals surface area contributed by atoms with Gasteiger partial charge in [0.15, 0.2) is 0 Å². The largest absolute Gasteiger partial charge is 4.00 e. The molecule has 0 aromatic heterocycles. The second kappa shape index (κ2) is 29.2. The minimum absolute atomic E-state index is 0. The van der Waals surface area contributed by atoms with Gasteiger partial charge in [-0.1, -0.05) is 0 Å². The Hall–Kier alpha value is 1.23. The van der Waals surface area contributed by atoms with Crippen LogP contribution in [0.1, 0.15) is 0 Å². The Kier molecular flexibility index (Phi) is 452. The van der Waals surface area contributed by atoms with Crippen molar-refractivity contribution in [3.05, 3.63) is 0 Å². The van der Waals surface area contributed by atoms with E-state index in [2.05, 4.69) is 0 Å². The zero-order valence-corrected chi connectivity index (χ0v) is 5.10. The Bertz CT molecular complexity index is 8.00. The fourth-order valence-corrected chi connectivity index (χ4v) is 0. The van der Waals surface area contributed by atoms with Crippen LogP contribution in [-0.4, -0.2) is 28.3 Å². The van der Waals surface area contributed by atoms with Crippen LogP contribution in [0.3, 0.4) is 0 Å². The minimum Gasteiger partial charge on any atom is -2.00 e. The van der Waals surface area contributed by atoms with Crippen molar-refractivity contribution in [1.82, 2.24) is 0 Å². The Morgan fingerprint density at radius 2 is 1.00 bits per heavy atom. The van der Waals surface area contributed by atoms with Gasteiger partial charge in [-0.25, -0.2) is 0 Å². The molecule has 4 heavy (non-hydrogen) atoms. The maximum absolute atomic E-state index is 0. The smallest absolute Gasteiger partial charge is 2.00 e. The van der Waals surface area contributed by atoms with Gasteiger partial charge in [-0.2, -0.15) is 0 Å². The molecule has 0 N–H and O–H groups in total. The van der Waals surface area contributed by atoms with Gasteiger partial charge in [-0.05, 0) is 0 Å². The predicted octanol–water partition coefficient (Wildman–Crippen LogP) is -0.883. The summed E-state index contributed by atoms with van der Waals surface area (Å²) >= 11 is 0. The molecule has 0 aromatic carbocycles. The van der Waals surface area contributed by atoms with Crippen LogP contribution in [0.2, 0.25) is 0 Å². The minimum atomic E-state index is 0. The first-order chi connectivity index (χ1) is 0. The van der Waals surface area contributed by atoms with Gasteiger partial charge in [-0.3, -0.25) is 0 Å². The Morgan fingerprint density at radius 3 is 1.00 bits per heavy atom. The molecule has 0 amide bonds. The van der Waals surface area contributed by atoms with Crippen LogP contribution < -0.4 is 0 Å².